The van der Waals surface area contributed by atoms with E-state index in [1.54, 1.807) is 0 Å². The molecule has 0 spiro atoms. The summed E-state index contributed by atoms with van der Waals surface area (Å²) in [4.78, 5) is 13.0. The van der Waals surface area contributed by atoms with E-state index >= 15 is 0 Å². The maximum atomic E-state index is 12.7. The largest absolute Gasteiger partial charge is 0.331 e. The summed E-state index contributed by atoms with van der Waals surface area (Å²) in [6.07, 6.45) is -0.363. The first-order chi connectivity index (χ1) is 9.00. The van der Waals surface area contributed by atoms with Gasteiger partial charge >= 0.3 is 6.43 Å². The average Bonchev–Trinajstić information content (AvgIpc) is 2.41. The van der Waals surface area contributed by atoms with Crippen molar-refractivity contribution in [1.82, 2.24) is 4.90 Å². The highest BCUT2D eigenvalue weighted by molar-refractivity contribution is 5.80. The fraction of sp³-hybridized carbons (Fsp3) is 0.533. The fourth-order valence-corrected chi connectivity index (χ4v) is 2.64. The Morgan fingerprint density at radius 1 is 1.26 bits per heavy atom. The predicted octanol–water partition coefficient (Wildman–Crippen LogP) is 3.62. The van der Waals surface area contributed by atoms with Gasteiger partial charge in [-0.1, -0.05) is 18.2 Å². The summed E-state index contributed by atoms with van der Waals surface area (Å²) in [7, 11) is 0. The number of carbonyl (C=O) groups is 1. The molecule has 0 aromatic heterocycles. The van der Waals surface area contributed by atoms with Crippen molar-refractivity contribution in [3.63, 3.8) is 0 Å². The number of halogens is 2. The molecule has 2 rings (SSSR count). The molecule has 1 heterocycles. The molecule has 1 aromatic carbocycles. The lowest BCUT2D eigenvalue weighted by molar-refractivity contribution is -0.146. The lowest BCUT2D eigenvalue weighted by Gasteiger charge is -2.36. The number of nitrogens with zero attached hydrogens (tertiary/aromatic N) is 1. The van der Waals surface area contributed by atoms with E-state index in [1.165, 1.54) is 10.5 Å². The highest BCUT2D eigenvalue weighted by atomic mass is 19.3. The van der Waals surface area contributed by atoms with Gasteiger partial charge in [-0.3, -0.25) is 4.79 Å². The van der Waals surface area contributed by atoms with Crippen LogP contribution in [0, 0.1) is 13.8 Å². The van der Waals surface area contributed by atoms with E-state index in [2.05, 4.69) is 0 Å². The molecule has 1 aromatic rings. The van der Waals surface area contributed by atoms with Crippen LogP contribution in [0.15, 0.2) is 18.2 Å². The Bertz CT molecular complexity index is 473. The first-order valence-corrected chi connectivity index (χ1v) is 6.66. The third kappa shape index (κ3) is 2.94. The van der Waals surface area contributed by atoms with Crippen molar-refractivity contribution in [2.24, 2.45) is 0 Å². The summed E-state index contributed by atoms with van der Waals surface area (Å²) in [5, 5.41) is 0. The van der Waals surface area contributed by atoms with Crippen LogP contribution in [-0.4, -0.2) is 23.8 Å². The number of alkyl halides is 2. The molecule has 19 heavy (non-hydrogen) atoms. The zero-order valence-corrected chi connectivity index (χ0v) is 11.3. The number of rotatable bonds is 2. The number of likely N-dealkylation sites (tertiary alicyclic amines) is 1. The van der Waals surface area contributed by atoms with Crippen molar-refractivity contribution in [3.05, 3.63) is 34.9 Å². The maximum Gasteiger partial charge on any atom is 0.315 e. The summed E-state index contributed by atoms with van der Waals surface area (Å²) in [6, 6.07) is 5.75. The van der Waals surface area contributed by atoms with Crippen molar-refractivity contribution < 1.29 is 13.6 Å². The monoisotopic (exact) mass is 267 g/mol. The lowest BCUT2D eigenvalue weighted by atomic mass is 9.93. The topological polar surface area (TPSA) is 20.3 Å². The average molecular weight is 267 g/mol. The quantitative estimate of drug-likeness (QED) is 0.801. The van der Waals surface area contributed by atoms with Crippen LogP contribution in [0.25, 0.3) is 0 Å². The first kappa shape index (κ1) is 14.0. The Hall–Kier alpha value is -1.45. The summed E-state index contributed by atoms with van der Waals surface area (Å²) in [6.45, 7) is 4.45. The third-order valence-corrected chi connectivity index (χ3v) is 3.89. The molecule has 0 radical (unpaired) electrons. The molecule has 0 aliphatic carbocycles. The second kappa shape index (κ2) is 5.68. The molecule has 0 unspecified atom stereocenters. The molecule has 4 heteroatoms. The minimum absolute atomic E-state index is 0.199. The second-order valence-corrected chi connectivity index (χ2v) is 5.19. The molecule has 1 fully saturated rings. The van der Waals surface area contributed by atoms with Crippen LogP contribution in [0.3, 0.4) is 0 Å². The molecule has 0 N–H and O–H groups in total. The van der Waals surface area contributed by atoms with Gasteiger partial charge in [-0.15, -0.1) is 0 Å². The minimum atomic E-state index is -2.91. The van der Waals surface area contributed by atoms with Gasteiger partial charge in [0.1, 0.15) is 0 Å². The molecule has 2 nitrogen and oxygen atoms in total. The van der Waals surface area contributed by atoms with E-state index in [0.717, 1.165) is 30.4 Å². The molecule has 1 amide bonds. The van der Waals surface area contributed by atoms with Gasteiger partial charge in [0.25, 0.3) is 5.91 Å². The van der Waals surface area contributed by atoms with Crippen LogP contribution in [0.5, 0.6) is 0 Å². The lowest BCUT2D eigenvalue weighted by Crippen LogP contribution is -2.41. The summed E-state index contributed by atoms with van der Waals surface area (Å²) < 4.78 is 25.3. The molecular weight excluding hydrogens is 248 g/mol. The van der Waals surface area contributed by atoms with Crippen molar-refractivity contribution in [2.75, 3.05) is 6.54 Å². The van der Waals surface area contributed by atoms with Crippen LogP contribution >= 0.6 is 0 Å². The van der Waals surface area contributed by atoms with Crippen molar-refractivity contribution in [3.8, 4) is 0 Å². The van der Waals surface area contributed by atoms with Gasteiger partial charge in [-0.2, -0.15) is 8.78 Å². The number of hydrogen-bond acceptors (Lipinski definition) is 1. The fourth-order valence-electron chi connectivity index (χ4n) is 2.64. The standard InChI is InChI=1S/C15H19F2NO/c1-10-6-7-12(9-11(10)2)13-5-3-4-8-18(13)15(19)14(16)17/h6-7,9,13-14H,3-5,8H2,1-2H3/t13-/m1/s1. The van der Waals surface area contributed by atoms with Gasteiger partial charge in [-0.05, 0) is 49.8 Å². The van der Waals surface area contributed by atoms with Crippen LogP contribution in [0.1, 0.15) is 42.0 Å². The van der Waals surface area contributed by atoms with Crippen LogP contribution in [-0.2, 0) is 4.79 Å². The highest BCUT2D eigenvalue weighted by Crippen LogP contribution is 2.32. The normalized spacial score (nSPS) is 19.8. The first-order valence-electron chi connectivity index (χ1n) is 6.66. The van der Waals surface area contributed by atoms with Crippen LogP contribution < -0.4 is 0 Å². The summed E-state index contributed by atoms with van der Waals surface area (Å²) >= 11 is 0. The highest BCUT2D eigenvalue weighted by Gasteiger charge is 2.32. The van der Waals surface area contributed by atoms with Gasteiger partial charge in [0.05, 0.1) is 6.04 Å². The van der Waals surface area contributed by atoms with Gasteiger partial charge in [0.2, 0.25) is 0 Å². The SMILES string of the molecule is Cc1ccc([C@H]2CCCCN2C(=O)C(F)F)cc1C. The minimum Gasteiger partial charge on any atom is -0.331 e. The van der Waals surface area contributed by atoms with E-state index in [-0.39, 0.29) is 6.04 Å². The molecule has 1 aliphatic heterocycles. The number of amides is 1. The predicted molar refractivity (Wildman–Crippen MR) is 70.2 cm³/mol. The zero-order chi connectivity index (χ0) is 14.0. The Morgan fingerprint density at radius 2 is 2.00 bits per heavy atom. The Morgan fingerprint density at radius 3 is 2.63 bits per heavy atom. The maximum absolute atomic E-state index is 12.7. The summed E-state index contributed by atoms with van der Waals surface area (Å²) in [5.74, 6) is -1.04. The number of piperidine rings is 1. The molecule has 1 aliphatic rings. The molecule has 104 valence electrons. The third-order valence-electron chi connectivity index (χ3n) is 3.89. The number of carbonyl (C=O) groups excluding carboxylic acids is 1. The second-order valence-electron chi connectivity index (χ2n) is 5.19. The molecule has 0 bridgehead atoms. The van der Waals surface area contributed by atoms with Crippen LogP contribution in [0.2, 0.25) is 0 Å². The van der Waals surface area contributed by atoms with Crippen molar-refractivity contribution in [1.29, 1.82) is 0 Å². The van der Waals surface area contributed by atoms with E-state index in [4.69, 9.17) is 0 Å². The van der Waals surface area contributed by atoms with E-state index in [9.17, 15) is 13.6 Å². The molecule has 1 saturated heterocycles. The van der Waals surface area contributed by atoms with Gasteiger partial charge in [0, 0.05) is 6.54 Å². The van der Waals surface area contributed by atoms with E-state index in [1.807, 2.05) is 32.0 Å². The Labute approximate surface area is 112 Å². The number of aryl methyl sites for hydroxylation is 2. The number of benzene rings is 1. The smallest absolute Gasteiger partial charge is 0.315 e. The van der Waals surface area contributed by atoms with E-state index < -0.39 is 12.3 Å². The Kier molecular flexibility index (Phi) is 4.17. The van der Waals surface area contributed by atoms with Crippen LogP contribution in [0.4, 0.5) is 8.78 Å². The molecule has 1 atom stereocenters. The molecular formula is C15H19F2NO. The van der Waals surface area contributed by atoms with Crippen molar-refractivity contribution >= 4 is 5.91 Å². The van der Waals surface area contributed by atoms with E-state index in [0.29, 0.717) is 6.54 Å². The number of hydrogen-bond donors (Lipinski definition) is 0. The zero-order valence-electron chi connectivity index (χ0n) is 11.3. The summed E-state index contributed by atoms with van der Waals surface area (Å²) in [5.41, 5.74) is 3.27. The molecule has 0 saturated carbocycles. The van der Waals surface area contributed by atoms with Gasteiger partial charge in [0.15, 0.2) is 0 Å². The van der Waals surface area contributed by atoms with Gasteiger partial charge < -0.3 is 4.90 Å². The van der Waals surface area contributed by atoms with Crippen molar-refractivity contribution in [2.45, 2.75) is 45.6 Å². The van der Waals surface area contributed by atoms with Gasteiger partial charge in [-0.25, -0.2) is 0 Å². The Balaban J connectivity index is 2.28.